The summed E-state index contributed by atoms with van der Waals surface area (Å²) in [4.78, 5) is 0. The van der Waals surface area contributed by atoms with Gasteiger partial charge in [0, 0.05) is 6.07 Å². The second-order valence-electron chi connectivity index (χ2n) is 5.11. The summed E-state index contributed by atoms with van der Waals surface area (Å²) < 4.78 is 6.06. The van der Waals surface area contributed by atoms with Crippen molar-refractivity contribution in [1.82, 2.24) is 0 Å². The molecule has 0 heterocycles. The van der Waals surface area contributed by atoms with Gasteiger partial charge in [-0.05, 0) is 56.2 Å². The van der Waals surface area contributed by atoms with Crippen molar-refractivity contribution in [2.75, 3.05) is 0 Å². The molecule has 0 spiro atoms. The SMILES string of the molecule is CCC1CCCCC1Oc1cc(C)cc(O)c1. The fourth-order valence-corrected chi connectivity index (χ4v) is 2.77. The van der Waals surface area contributed by atoms with Crippen molar-refractivity contribution in [3.8, 4) is 11.5 Å². The Morgan fingerprint density at radius 2 is 2.00 bits per heavy atom. The van der Waals surface area contributed by atoms with Gasteiger partial charge in [-0.25, -0.2) is 0 Å². The van der Waals surface area contributed by atoms with Crippen molar-refractivity contribution in [3.05, 3.63) is 23.8 Å². The third-order valence-electron chi connectivity index (χ3n) is 3.69. The first-order chi connectivity index (χ1) is 8.19. The predicted molar refractivity (Wildman–Crippen MR) is 69.5 cm³/mol. The third-order valence-corrected chi connectivity index (χ3v) is 3.69. The largest absolute Gasteiger partial charge is 0.508 e. The van der Waals surface area contributed by atoms with Gasteiger partial charge in [0.05, 0.1) is 0 Å². The van der Waals surface area contributed by atoms with E-state index in [1.54, 1.807) is 12.1 Å². The molecule has 1 saturated carbocycles. The zero-order valence-corrected chi connectivity index (χ0v) is 10.8. The first kappa shape index (κ1) is 12.3. The van der Waals surface area contributed by atoms with Gasteiger partial charge < -0.3 is 9.84 Å². The highest BCUT2D eigenvalue weighted by molar-refractivity contribution is 5.37. The van der Waals surface area contributed by atoms with Crippen molar-refractivity contribution >= 4 is 0 Å². The molecule has 2 nitrogen and oxygen atoms in total. The summed E-state index contributed by atoms with van der Waals surface area (Å²) in [6, 6.07) is 5.47. The van der Waals surface area contributed by atoms with Gasteiger partial charge in [-0.3, -0.25) is 0 Å². The molecule has 1 N–H and O–H groups in total. The predicted octanol–water partition coefficient (Wildman–Crippen LogP) is 4.05. The molecule has 0 radical (unpaired) electrons. The Balaban J connectivity index is 2.08. The van der Waals surface area contributed by atoms with Crippen LogP contribution in [0.3, 0.4) is 0 Å². The van der Waals surface area contributed by atoms with E-state index in [2.05, 4.69) is 6.92 Å². The maximum Gasteiger partial charge on any atom is 0.123 e. The summed E-state index contributed by atoms with van der Waals surface area (Å²) in [6.45, 7) is 4.21. The normalized spacial score (nSPS) is 24.6. The zero-order valence-electron chi connectivity index (χ0n) is 10.8. The molecule has 2 atom stereocenters. The van der Waals surface area contributed by atoms with Gasteiger partial charge in [-0.1, -0.05) is 13.3 Å². The number of aromatic hydroxyl groups is 1. The molecular weight excluding hydrogens is 212 g/mol. The summed E-state index contributed by atoms with van der Waals surface area (Å²) in [7, 11) is 0. The molecular formula is C15H22O2. The molecule has 2 rings (SSSR count). The minimum atomic E-state index is 0.295. The van der Waals surface area contributed by atoms with E-state index in [0.717, 1.165) is 17.7 Å². The Bertz CT molecular complexity index is 353. The zero-order chi connectivity index (χ0) is 12.3. The van der Waals surface area contributed by atoms with E-state index >= 15 is 0 Å². The lowest BCUT2D eigenvalue weighted by atomic mass is 9.85. The monoisotopic (exact) mass is 234 g/mol. The smallest absolute Gasteiger partial charge is 0.123 e. The molecule has 17 heavy (non-hydrogen) atoms. The third kappa shape index (κ3) is 3.15. The lowest BCUT2D eigenvalue weighted by Gasteiger charge is -2.31. The topological polar surface area (TPSA) is 29.5 Å². The summed E-state index contributed by atoms with van der Waals surface area (Å²) in [6.07, 6.45) is 6.53. The van der Waals surface area contributed by atoms with E-state index in [4.69, 9.17) is 4.74 Å². The van der Waals surface area contributed by atoms with Crippen LogP contribution in [0.1, 0.15) is 44.6 Å². The number of aryl methyl sites for hydroxylation is 1. The summed E-state index contributed by atoms with van der Waals surface area (Å²) in [5.41, 5.74) is 1.05. The fraction of sp³-hybridized carbons (Fsp3) is 0.600. The van der Waals surface area contributed by atoms with Crippen LogP contribution in [0.25, 0.3) is 0 Å². The Labute approximate surface area is 104 Å². The molecule has 0 amide bonds. The van der Waals surface area contributed by atoms with Crippen LogP contribution in [-0.2, 0) is 0 Å². The molecule has 0 aromatic heterocycles. The standard InChI is InChI=1S/C15H22O2/c1-3-12-6-4-5-7-15(12)17-14-9-11(2)8-13(16)10-14/h8-10,12,15-16H,3-7H2,1-2H3. The lowest BCUT2D eigenvalue weighted by Crippen LogP contribution is -2.29. The molecule has 2 unspecified atom stereocenters. The van der Waals surface area contributed by atoms with Crippen LogP contribution in [0.5, 0.6) is 11.5 Å². The molecule has 0 aliphatic heterocycles. The van der Waals surface area contributed by atoms with Gasteiger partial charge in [0.1, 0.15) is 17.6 Å². The highest BCUT2D eigenvalue weighted by Gasteiger charge is 2.25. The Hall–Kier alpha value is -1.18. The van der Waals surface area contributed by atoms with Gasteiger partial charge in [0.25, 0.3) is 0 Å². The highest BCUT2D eigenvalue weighted by atomic mass is 16.5. The van der Waals surface area contributed by atoms with E-state index in [-0.39, 0.29) is 0 Å². The van der Waals surface area contributed by atoms with Crippen molar-refractivity contribution in [2.45, 2.75) is 52.1 Å². The fourth-order valence-electron chi connectivity index (χ4n) is 2.77. The quantitative estimate of drug-likeness (QED) is 0.855. The summed E-state index contributed by atoms with van der Waals surface area (Å²) in [5, 5.41) is 9.57. The van der Waals surface area contributed by atoms with E-state index in [1.807, 2.05) is 13.0 Å². The maximum atomic E-state index is 9.57. The van der Waals surface area contributed by atoms with Crippen molar-refractivity contribution in [1.29, 1.82) is 0 Å². The minimum Gasteiger partial charge on any atom is -0.508 e. The van der Waals surface area contributed by atoms with Gasteiger partial charge in [0.2, 0.25) is 0 Å². The van der Waals surface area contributed by atoms with Crippen LogP contribution >= 0.6 is 0 Å². The molecule has 94 valence electrons. The number of ether oxygens (including phenoxy) is 1. The summed E-state index contributed by atoms with van der Waals surface area (Å²) in [5.74, 6) is 1.78. The molecule has 1 fully saturated rings. The van der Waals surface area contributed by atoms with Crippen LogP contribution < -0.4 is 4.74 Å². The Kier molecular flexibility index (Phi) is 3.93. The maximum absolute atomic E-state index is 9.57. The van der Waals surface area contributed by atoms with Crippen molar-refractivity contribution in [2.24, 2.45) is 5.92 Å². The second-order valence-corrected chi connectivity index (χ2v) is 5.11. The van der Waals surface area contributed by atoms with E-state index in [1.165, 1.54) is 25.7 Å². The molecule has 0 bridgehead atoms. The number of phenolic OH excluding ortho intramolecular Hbond substituents is 1. The number of hydrogen-bond donors (Lipinski definition) is 1. The van der Waals surface area contributed by atoms with E-state index in [0.29, 0.717) is 17.8 Å². The average molecular weight is 234 g/mol. The first-order valence-corrected chi connectivity index (χ1v) is 6.66. The number of benzene rings is 1. The van der Waals surface area contributed by atoms with Crippen LogP contribution in [-0.4, -0.2) is 11.2 Å². The number of rotatable bonds is 3. The molecule has 2 heteroatoms. The van der Waals surface area contributed by atoms with Gasteiger partial charge in [-0.2, -0.15) is 0 Å². The molecule has 1 aromatic rings. The Morgan fingerprint density at radius 3 is 2.71 bits per heavy atom. The lowest BCUT2D eigenvalue weighted by molar-refractivity contribution is 0.0901. The highest BCUT2D eigenvalue weighted by Crippen LogP contribution is 2.31. The Morgan fingerprint density at radius 1 is 1.24 bits per heavy atom. The van der Waals surface area contributed by atoms with Crippen molar-refractivity contribution in [3.63, 3.8) is 0 Å². The van der Waals surface area contributed by atoms with Crippen LogP contribution in [0.15, 0.2) is 18.2 Å². The van der Waals surface area contributed by atoms with Gasteiger partial charge >= 0.3 is 0 Å². The minimum absolute atomic E-state index is 0.295. The molecule has 1 aromatic carbocycles. The van der Waals surface area contributed by atoms with E-state index < -0.39 is 0 Å². The average Bonchev–Trinajstić information content (AvgIpc) is 2.28. The van der Waals surface area contributed by atoms with Crippen LogP contribution in [0.2, 0.25) is 0 Å². The molecule has 1 aliphatic rings. The molecule has 1 aliphatic carbocycles. The second kappa shape index (κ2) is 5.44. The van der Waals surface area contributed by atoms with E-state index in [9.17, 15) is 5.11 Å². The number of phenols is 1. The first-order valence-electron chi connectivity index (χ1n) is 6.66. The van der Waals surface area contributed by atoms with Gasteiger partial charge in [-0.15, -0.1) is 0 Å². The van der Waals surface area contributed by atoms with Crippen LogP contribution in [0.4, 0.5) is 0 Å². The van der Waals surface area contributed by atoms with Gasteiger partial charge in [0.15, 0.2) is 0 Å². The van der Waals surface area contributed by atoms with Crippen LogP contribution in [0, 0.1) is 12.8 Å². The summed E-state index contributed by atoms with van der Waals surface area (Å²) >= 11 is 0. The number of hydrogen-bond acceptors (Lipinski definition) is 2. The molecule has 0 saturated heterocycles. The van der Waals surface area contributed by atoms with Crippen molar-refractivity contribution < 1.29 is 9.84 Å².